The minimum absolute atomic E-state index is 0.00881. The monoisotopic (exact) mass is 259 g/mol. The average molecular weight is 259 g/mol. The summed E-state index contributed by atoms with van der Waals surface area (Å²) in [6.45, 7) is 4.52. The van der Waals surface area contributed by atoms with Crippen molar-refractivity contribution < 1.29 is 14.7 Å². The van der Waals surface area contributed by atoms with E-state index in [1.165, 1.54) is 0 Å². The van der Waals surface area contributed by atoms with Crippen LogP contribution in [0.1, 0.15) is 39.5 Å². The maximum atomic E-state index is 11.5. The lowest BCUT2D eigenvalue weighted by atomic mass is 9.75. The highest BCUT2D eigenvalue weighted by molar-refractivity contribution is 8.00. The molecule has 0 aromatic heterocycles. The number of hydrogen-bond donors (Lipinski definition) is 2. The lowest BCUT2D eigenvalue weighted by molar-refractivity contribution is -0.133. The van der Waals surface area contributed by atoms with Gasteiger partial charge in [0.05, 0.1) is 11.5 Å². The first-order valence-electron chi connectivity index (χ1n) is 5.98. The molecule has 98 valence electrons. The SMILES string of the molecule is CC1(C)CCC(NC(=O)CSCC(=O)O)CC1. The van der Waals surface area contributed by atoms with Crippen LogP contribution in [0, 0.1) is 5.41 Å². The van der Waals surface area contributed by atoms with Crippen LogP contribution in [-0.2, 0) is 9.59 Å². The second-order valence-electron chi connectivity index (χ2n) is 5.39. The Morgan fingerprint density at radius 2 is 1.88 bits per heavy atom. The number of rotatable bonds is 5. The van der Waals surface area contributed by atoms with Crippen molar-refractivity contribution in [3.63, 3.8) is 0 Å². The van der Waals surface area contributed by atoms with Crippen LogP contribution in [0.5, 0.6) is 0 Å². The van der Waals surface area contributed by atoms with Gasteiger partial charge in [-0.3, -0.25) is 9.59 Å². The van der Waals surface area contributed by atoms with Crippen LogP contribution in [0.15, 0.2) is 0 Å². The molecule has 0 aliphatic heterocycles. The minimum atomic E-state index is -0.873. The molecular weight excluding hydrogens is 238 g/mol. The van der Waals surface area contributed by atoms with Crippen molar-refractivity contribution in [2.75, 3.05) is 11.5 Å². The van der Waals surface area contributed by atoms with E-state index in [1.807, 2.05) is 0 Å². The van der Waals surface area contributed by atoms with E-state index in [0.717, 1.165) is 37.4 Å². The highest BCUT2D eigenvalue weighted by atomic mass is 32.2. The summed E-state index contributed by atoms with van der Waals surface area (Å²) in [6.07, 6.45) is 4.34. The molecule has 2 N–H and O–H groups in total. The fraction of sp³-hybridized carbons (Fsp3) is 0.833. The van der Waals surface area contributed by atoms with Crippen molar-refractivity contribution in [3.05, 3.63) is 0 Å². The summed E-state index contributed by atoms with van der Waals surface area (Å²) in [7, 11) is 0. The van der Waals surface area contributed by atoms with Gasteiger partial charge < -0.3 is 10.4 Å². The number of carbonyl (C=O) groups is 2. The van der Waals surface area contributed by atoms with E-state index in [0.29, 0.717) is 5.41 Å². The van der Waals surface area contributed by atoms with Gasteiger partial charge in [-0.15, -0.1) is 11.8 Å². The first-order chi connectivity index (χ1) is 7.89. The zero-order chi connectivity index (χ0) is 12.9. The standard InChI is InChI=1S/C12H21NO3S/c1-12(2)5-3-9(4-6-12)13-10(14)7-17-8-11(15)16/h9H,3-8H2,1-2H3,(H,13,14)(H,15,16). The summed E-state index contributed by atoms with van der Waals surface area (Å²) in [5.41, 5.74) is 0.402. The summed E-state index contributed by atoms with van der Waals surface area (Å²) in [5, 5.41) is 11.4. The van der Waals surface area contributed by atoms with Crippen molar-refractivity contribution in [1.29, 1.82) is 0 Å². The summed E-state index contributed by atoms with van der Waals surface area (Å²) >= 11 is 1.15. The first kappa shape index (κ1) is 14.4. The van der Waals surface area contributed by atoms with Gasteiger partial charge in [-0.1, -0.05) is 13.8 Å². The molecule has 0 unspecified atom stereocenters. The fourth-order valence-corrected chi connectivity index (χ4v) is 2.59. The Morgan fingerprint density at radius 3 is 2.41 bits per heavy atom. The molecule has 1 aliphatic carbocycles. The normalized spacial score (nSPS) is 19.9. The number of carbonyl (C=O) groups excluding carboxylic acids is 1. The Kier molecular flexibility index (Phi) is 5.31. The van der Waals surface area contributed by atoms with E-state index in [1.54, 1.807) is 0 Å². The number of carboxylic acids is 1. The third-order valence-electron chi connectivity index (χ3n) is 3.16. The second kappa shape index (κ2) is 6.28. The molecule has 0 aromatic carbocycles. The van der Waals surface area contributed by atoms with Crippen LogP contribution < -0.4 is 5.32 Å². The Morgan fingerprint density at radius 1 is 1.29 bits per heavy atom. The van der Waals surface area contributed by atoms with Gasteiger partial charge in [0.1, 0.15) is 0 Å². The van der Waals surface area contributed by atoms with Crippen LogP contribution >= 0.6 is 11.8 Å². The van der Waals surface area contributed by atoms with Crippen LogP contribution in [0.2, 0.25) is 0 Å². The topological polar surface area (TPSA) is 66.4 Å². The molecule has 4 nitrogen and oxygen atoms in total. The van der Waals surface area contributed by atoms with Crippen LogP contribution in [0.25, 0.3) is 0 Å². The molecule has 1 aliphatic rings. The molecule has 0 radical (unpaired) electrons. The molecule has 0 spiro atoms. The number of aliphatic carboxylic acids is 1. The third kappa shape index (κ3) is 5.96. The van der Waals surface area contributed by atoms with Crippen molar-refractivity contribution in [3.8, 4) is 0 Å². The van der Waals surface area contributed by atoms with Gasteiger partial charge in [-0.2, -0.15) is 0 Å². The molecule has 1 amide bonds. The zero-order valence-electron chi connectivity index (χ0n) is 10.5. The van der Waals surface area contributed by atoms with Crippen LogP contribution in [0.4, 0.5) is 0 Å². The maximum absolute atomic E-state index is 11.5. The molecule has 0 heterocycles. The van der Waals surface area contributed by atoms with Gasteiger partial charge in [0.25, 0.3) is 0 Å². The molecule has 17 heavy (non-hydrogen) atoms. The van der Waals surface area contributed by atoms with Crippen molar-refractivity contribution in [2.45, 2.75) is 45.6 Å². The Labute approximate surface area is 107 Å². The fourth-order valence-electron chi connectivity index (χ4n) is 2.04. The van der Waals surface area contributed by atoms with E-state index in [-0.39, 0.29) is 23.5 Å². The van der Waals surface area contributed by atoms with E-state index in [2.05, 4.69) is 19.2 Å². The van der Waals surface area contributed by atoms with Gasteiger partial charge in [-0.05, 0) is 31.1 Å². The number of hydrogen-bond acceptors (Lipinski definition) is 3. The highest BCUT2D eigenvalue weighted by Crippen LogP contribution is 2.34. The molecule has 0 saturated heterocycles. The molecule has 0 atom stereocenters. The van der Waals surface area contributed by atoms with Crippen LogP contribution in [0.3, 0.4) is 0 Å². The molecular formula is C12H21NO3S. The lowest BCUT2D eigenvalue weighted by Crippen LogP contribution is -2.40. The smallest absolute Gasteiger partial charge is 0.313 e. The van der Waals surface area contributed by atoms with E-state index in [4.69, 9.17) is 5.11 Å². The third-order valence-corrected chi connectivity index (χ3v) is 4.08. The molecule has 1 rings (SSSR count). The summed E-state index contributed by atoms with van der Waals surface area (Å²) < 4.78 is 0. The predicted molar refractivity (Wildman–Crippen MR) is 69.1 cm³/mol. The number of nitrogens with one attached hydrogen (secondary N) is 1. The molecule has 5 heteroatoms. The summed E-state index contributed by atoms with van der Waals surface area (Å²) in [6, 6.07) is 0.279. The molecule has 0 bridgehead atoms. The molecule has 0 aromatic rings. The maximum Gasteiger partial charge on any atom is 0.313 e. The predicted octanol–water partition coefficient (Wildman–Crippen LogP) is 1.89. The minimum Gasteiger partial charge on any atom is -0.481 e. The van der Waals surface area contributed by atoms with Crippen LogP contribution in [-0.4, -0.2) is 34.5 Å². The van der Waals surface area contributed by atoms with Crippen molar-refractivity contribution in [1.82, 2.24) is 5.32 Å². The quantitative estimate of drug-likeness (QED) is 0.791. The largest absolute Gasteiger partial charge is 0.481 e. The van der Waals surface area contributed by atoms with Gasteiger partial charge >= 0.3 is 5.97 Å². The van der Waals surface area contributed by atoms with Crippen molar-refractivity contribution in [2.24, 2.45) is 5.41 Å². The average Bonchev–Trinajstić information content (AvgIpc) is 2.21. The summed E-state index contributed by atoms with van der Waals surface area (Å²) in [5.74, 6) is -0.680. The van der Waals surface area contributed by atoms with Gasteiger partial charge in [0, 0.05) is 6.04 Å². The van der Waals surface area contributed by atoms with Crippen molar-refractivity contribution >= 4 is 23.6 Å². The van der Waals surface area contributed by atoms with E-state index in [9.17, 15) is 9.59 Å². The first-order valence-corrected chi connectivity index (χ1v) is 7.13. The lowest BCUT2D eigenvalue weighted by Gasteiger charge is -2.34. The van der Waals surface area contributed by atoms with Gasteiger partial charge in [-0.25, -0.2) is 0 Å². The second-order valence-corrected chi connectivity index (χ2v) is 6.38. The Balaban J connectivity index is 2.17. The molecule has 1 fully saturated rings. The zero-order valence-corrected chi connectivity index (χ0v) is 11.3. The Bertz CT molecular complexity index is 281. The van der Waals surface area contributed by atoms with Gasteiger partial charge in [0.2, 0.25) is 5.91 Å². The molecule has 1 saturated carbocycles. The number of carboxylic acid groups (broad SMARTS) is 1. The number of amides is 1. The summed E-state index contributed by atoms with van der Waals surface area (Å²) in [4.78, 5) is 21.8. The Hall–Kier alpha value is -0.710. The van der Waals surface area contributed by atoms with E-state index >= 15 is 0 Å². The number of thioether (sulfide) groups is 1. The highest BCUT2D eigenvalue weighted by Gasteiger charge is 2.27. The van der Waals surface area contributed by atoms with Gasteiger partial charge in [0.15, 0.2) is 0 Å². The van der Waals surface area contributed by atoms with E-state index < -0.39 is 5.97 Å².